The van der Waals surface area contributed by atoms with Crippen molar-refractivity contribution in [1.29, 1.82) is 0 Å². The van der Waals surface area contributed by atoms with Gasteiger partial charge in [-0.2, -0.15) is 0 Å². The van der Waals surface area contributed by atoms with Crippen molar-refractivity contribution in [1.82, 2.24) is 10.5 Å². The van der Waals surface area contributed by atoms with E-state index in [1.807, 2.05) is 6.92 Å². The molecule has 0 amide bonds. The lowest BCUT2D eigenvalue weighted by Crippen LogP contribution is -2.11. The van der Waals surface area contributed by atoms with Crippen LogP contribution in [0.1, 0.15) is 12.5 Å². The Hall–Kier alpha value is -1.20. The number of aromatic nitrogens is 1. The Balaban J connectivity index is 2.32. The zero-order valence-corrected chi connectivity index (χ0v) is 10.9. The first-order valence-corrected chi connectivity index (χ1v) is 6.11. The van der Waals surface area contributed by atoms with E-state index >= 15 is 0 Å². The molecule has 0 aliphatic rings. The summed E-state index contributed by atoms with van der Waals surface area (Å²) in [7, 11) is 0. The van der Waals surface area contributed by atoms with Crippen molar-refractivity contribution < 1.29 is 8.91 Å². The number of halogens is 2. The molecule has 0 spiro atoms. The van der Waals surface area contributed by atoms with E-state index in [2.05, 4.69) is 26.4 Å². The molecule has 17 heavy (non-hydrogen) atoms. The Labute approximate surface area is 107 Å². The van der Waals surface area contributed by atoms with Gasteiger partial charge in [0.15, 0.2) is 5.76 Å². The summed E-state index contributed by atoms with van der Waals surface area (Å²) in [6, 6.07) is 4.76. The lowest BCUT2D eigenvalue weighted by atomic mass is 10.1. The number of hydrogen-bond acceptors (Lipinski definition) is 3. The molecule has 1 N–H and O–H groups in total. The van der Waals surface area contributed by atoms with Crippen molar-refractivity contribution in [3.05, 3.63) is 40.2 Å². The second kappa shape index (κ2) is 5.42. The van der Waals surface area contributed by atoms with Gasteiger partial charge >= 0.3 is 0 Å². The average Bonchev–Trinajstić information content (AvgIpc) is 2.78. The summed E-state index contributed by atoms with van der Waals surface area (Å²) in [5.41, 5.74) is 1.77. The van der Waals surface area contributed by atoms with Crippen LogP contribution in [0.4, 0.5) is 4.39 Å². The highest BCUT2D eigenvalue weighted by Crippen LogP contribution is 2.27. The minimum absolute atomic E-state index is 0.290. The van der Waals surface area contributed by atoms with E-state index in [1.165, 1.54) is 6.07 Å². The van der Waals surface area contributed by atoms with E-state index in [0.29, 0.717) is 16.8 Å². The van der Waals surface area contributed by atoms with E-state index in [-0.39, 0.29) is 5.82 Å². The molecule has 2 aromatic rings. The van der Waals surface area contributed by atoms with Crippen LogP contribution >= 0.6 is 15.9 Å². The molecule has 1 aromatic carbocycles. The predicted octanol–water partition coefficient (Wildman–Crippen LogP) is 3.35. The fourth-order valence-electron chi connectivity index (χ4n) is 1.52. The molecular formula is C12H12BrFN2O. The van der Waals surface area contributed by atoms with Gasteiger partial charge in [-0.25, -0.2) is 4.39 Å². The van der Waals surface area contributed by atoms with Crippen LogP contribution in [0.2, 0.25) is 0 Å². The molecule has 3 nitrogen and oxygen atoms in total. The van der Waals surface area contributed by atoms with Gasteiger partial charge in [0, 0.05) is 17.7 Å². The lowest BCUT2D eigenvalue weighted by Gasteiger charge is -2.03. The maximum absolute atomic E-state index is 13.1. The van der Waals surface area contributed by atoms with Gasteiger partial charge in [0.2, 0.25) is 0 Å². The third-order valence-electron chi connectivity index (χ3n) is 2.39. The van der Waals surface area contributed by atoms with Crippen LogP contribution in [0.5, 0.6) is 0 Å². The highest BCUT2D eigenvalue weighted by Gasteiger charge is 2.11. The van der Waals surface area contributed by atoms with Crippen molar-refractivity contribution in [3.8, 4) is 11.3 Å². The van der Waals surface area contributed by atoms with Gasteiger partial charge in [-0.15, -0.1) is 0 Å². The molecule has 5 heteroatoms. The monoisotopic (exact) mass is 298 g/mol. The maximum Gasteiger partial charge on any atom is 0.171 e. The number of benzene rings is 1. The van der Waals surface area contributed by atoms with Crippen molar-refractivity contribution in [2.45, 2.75) is 13.5 Å². The molecule has 0 bridgehead atoms. The largest absolute Gasteiger partial charge is 0.356 e. The van der Waals surface area contributed by atoms with Gasteiger partial charge in [0.05, 0.1) is 10.7 Å². The topological polar surface area (TPSA) is 38.1 Å². The molecule has 0 atom stereocenters. The third kappa shape index (κ3) is 2.73. The van der Waals surface area contributed by atoms with Crippen LogP contribution in [-0.4, -0.2) is 11.7 Å². The Morgan fingerprint density at radius 2 is 2.29 bits per heavy atom. The summed E-state index contributed by atoms with van der Waals surface area (Å²) in [5, 5.41) is 6.98. The maximum atomic E-state index is 13.1. The zero-order chi connectivity index (χ0) is 12.3. The van der Waals surface area contributed by atoms with E-state index in [4.69, 9.17) is 4.52 Å². The molecule has 0 radical (unpaired) electrons. The summed E-state index contributed by atoms with van der Waals surface area (Å²) in [5.74, 6) is 0.383. The smallest absolute Gasteiger partial charge is 0.171 e. The molecule has 0 saturated heterocycles. The van der Waals surface area contributed by atoms with Crippen molar-refractivity contribution in [2.24, 2.45) is 0 Å². The van der Waals surface area contributed by atoms with Gasteiger partial charge in [-0.1, -0.05) is 12.1 Å². The standard InChI is InChI=1S/C12H12BrFN2O/c1-2-15-6-9-7-16-17-12(9)8-3-4-11(14)10(13)5-8/h3-5,7,15H,2,6H2,1H3. The summed E-state index contributed by atoms with van der Waals surface area (Å²) in [6.07, 6.45) is 1.68. The van der Waals surface area contributed by atoms with Gasteiger partial charge in [0.1, 0.15) is 5.82 Å². The molecule has 2 rings (SSSR count). The van der Waals surface area contributed by atoms with Gasteiger partial charge in [-0.3, -0.25) is 0 Å². The van der Waals surface area contributed by atoms with E-state index < -0.39 is 0 Å². The average molecular weight is 299 g/mol. The highest BCUT2D eigenvalue weighted by molar-refractivity contribution is 9.10. The second-order valence-corrected chi connectivity index (χ2v) is 4.44. The van der Waals surface area contributed by atoms with E-state index in [0.717, 1.165) is 17.7 Å². The van der Waals surface area contributed by atoms with Gasteiger partial charge < -0.3 is 9.84 Å². The molecular weight excluding hydrogens is 287 g/mol. The Kier molecular flexibility index (Phi) is 3.91. The van der Waals surface area contributed by atoms with E-state index in [9.17, 15) is 4.39 Å². The summed E-state index contributed by atoms with van der Waals surface area (Å²) in [6.45, 7) is 3.59. The van der Waals surface area contributed by atoms with Crippen molar-refractivity contribution in [2.75, 3.05) is 6.54 Å². The third-order valence-corrected chi connectivity index (χ3v) is 3.00. The Morgan fingerprint density at radius 1 is 1.47 bits per heavy atom. The predicted molar refractivity (Wildman–Crippen MR) is 67.0 cm³/mol. The number of nitrogens with zero attached hydrogens (tertiary/aromatic N) is 1. The minimum Gasteiger partial charge on any atom is -0.356 e. The van der Waals surface area contributed by atoms with Gasteiger partial charge in [0.25, 0.3) is 0 Å². The van der Waals surface area contributed by atoms with Crippen LogP contribution in [0.15, 0.2) is 33.4 Å². The first-order valence-electron chi connectivity index (χ1n) is 5.32. The molecule has 0 saturated carbocycles. The second-order valence-electron chi connectivity index (χ2n) is 3.59. The fraction of sp³-hybridized carbons (Fsp3) is 0.250. The van der Waals surface area contributed by atoms with Crippen LogP contribution in [-0.2, 0) is 6.54 Å². The zero-order valence-electron chi connectivity index (χ0n) is 9.34. The molecule has 0 unspecified atom stereocenters. The summed E-state index contributed by atoms with van der Waals surface area (Å²) < 4.78 is 18.8. The van der Waals surface area contributed by atoms with Crippen LogP contribution < -0.4 is 5.32 Å². The molecule has 90 valence electrons. The summed E-state index contributed by atoms with van der Waals surface area (Å²) >= 11 is 3.16. The minimum atomic E-state index is -0.290. The normalized spacial score (nSPS) is 10.8. The molecule has 0 aliphatic heterocycles. The first kappa shape index (κ1) is 12.3. The quantitative estimate of drug-likeness (QED) is 0.941. The highest BCUT2D eigenvalue weighted by atomic mass is 79.9. The van der Waals surface area contributed by atoms with Crippen molar-refractivity contribution >= 4 is 15.9 Å². The molecule has 1 aromatic heterocycles. The number of nitrogens with one attached hydrogen (secondary N) is 1. The Bertz CT molecular complexity index is 513. The lowest BCUT2D eigenvalue weighted by molar-refractivity contribution is 0.431. The Morgan fingerprint density at radius 3 is 3.00 bits per heavy atom. The van der Waals surface area contributed by atoms with Crippen LogP contribution in [0.25, 0.3) is 11.3 Å². The molecule has 0 fully saturated rings. The molecule has 0 aliphatic carbocycles. The van der Waals surface area contributed by atoms with Crippen LogP contribution in [0.3, 0.4) is 0 Å². The fourth-order valence-corrected chi connectivity index (χ4v) is 1.90. The van der Waals surface area contributed by atoms with Crippen molar-refractivity contribution in [3.63, 3.8) is 0 Å². The van der Waals surface area contributed by atoms with Crippen LogP contribution in [0, 0.1) is 5.82 Å². The van der Waals surface area contributed by atoms with E-state index in [1.54, 1.807) is 18.3 Å². The van der Waals surface area contributed by atoms with Gasteiger partial charge in [-0.05, 0) is 40.7 Å². The first-order chi connectivity index (χ1) is 8.22. The number of rotatable bonds is 4. The summed E-state index contributed by atoms with van der Waals surface area (Å²) in [4.78, 5) is 0. The number of hydrogen-bond donors (Lipinski definition) is 1. The SMILES string of the molecule is CCNCc1cnoc1-c1ccc(F)c(Br)c1. The molecule has 1 heterocycles.